The summed E-state index contributed by atoms with van der Waals surface area (Å²) in [4.78, 5) is 6.36. The fourth-order valence-electron chi connectivity index (χ4n) is 2.71. The number of ether oxygens (including phenoxy) is 3. The summed E-state index contributed by atoms with van der Waals surface area (Å²) >= 11 is 5.96. The van der Waals surface area contributed by atoms with Gasteiger partial charge in [-0.15, -0.1) is 24.0 Å². The monoisotopic (exact) mass is 511 g/mol. The van der Waals surface area contributed by atoms with Gasteiger partial charge in [0.05, 0.1) is 12.6 Å². The lowest BCUT2D eigenvalue weighted by molar-refractivity contribution is -0.0320. The molecule has 0 saturated carbocycles. The molecule has 1 saturated heterocycles. The van der Waals surface area contributed by atoms with Crippen LogP contribution in [0.15, 0.2) is 29.3 Å². The van der Waals surface area contributed by atoms with E-state index in [1.807, 2.05) is 36.2 Å². The maximum Gasteiger partial charge on any atom is 0.193 e. The largest absolute Gasteiger partial charge is 0.492 e. The molecule has 1 N–H and O–H groups in total. The first-order valence-electron chi connectivity index (χ1n) is 9.18. The summed E-state index contributed by atoms with van der Waals surface area (Å²) in [6.45, 7) is 4.51. The zero-order valence-electron chi connectivity index (χ0n) is 16.2. The summed E-state index contributed by atoms with van der Waals surface area (Å²) in [5.74, 6) is 1.63. The first-order valence-corrected chi connectivity index (χ1v) is 9.56. The maximum absolute atomic E-state index is 5.96. The number of likely N-dealkylation sites (N-methyl/N-ethyl adjacent to an activating group) is 1. The van der Waals surface area contributed by atoms with Gasteiger partial charge in [-0.05, 0) is 37.5 Å². The number of nitrogens with zero attached hydrogens (tertiary/aromatic N) is 2. The van der Waals surface area contributed by atoms with Gasteiger partial charge in [0.15, 0.2) is 5.96 Å². The first-order chi connectivity index (χ1) is 12.7. The van der Waals surface area contributed by atoms with E-state index < -0.39 is 0 Å². The van der Waals surface area contributed by atoms with E-state index in [0.29, 0.717) is 17.7 Å². The van der Waals surface area contributed by atoms with Crippen LogP contribution < -0.4 is 10.1 Å². The van der Waals surface area contributed by atoms with Crippen LogP contribution in [0.25, 0.3) is 0 Å². The fourth-order valence-corrected chi connectivity index (χ4v) is 2.89. The molecule has 0 aromatic heterocycles. The van der Waals surface area contributed by atoms with Crippen LogP contribution in [0, 0.1) is 0 Å². The number of nitrogens with one attached hydrogen (secondary N) is 1. The van der Waals surface area contributed by atoms with Gasteiger partial charge in [-0.25, -0.2) is 0 Å². The third-order valence-electron chi connectivity index (χ3n) is 4.19. The number of hydrogen-bond donors (Lipinski definition) is 1. The van der Waals surface area contributed by atoms with Crippen LogP contribution in [0.5, 0.6) is 5.75 Å². The molecule has 1 aliphatic rings. The van der Waals surface area contributed by atoms with Gasteiger partial charge in [0.25, 0.3) is 0 Å². The molecule has 0 unspecified atom stereocenters. The molecule has 0 aliphatic carbocycles. The summed E-state index contributed by atoms with van der Waals surface area (Å²) in [6, 6.07) is 7.42. The molecule has 1 fully saturated rings. The first kappa shape index (κ1) is 24.3. The Balaban J connectivity index is 0.00000364. The number of aliphatic imine (C=N–C) groups is 1. The Bertz CT molecular complexity index is 557. The number of guanidine groups is 1. The minimum absolute atomic E-state index is 0. The molecule has 2 rings (SSSR count). The van der Waals surface area contributed by atoms with E-state index in [4.69, 9.17) is 25.8 Å². The van der Waals surface area contributed by atoms with E-state index >= 15 is 0 Å². The minimum Gasteiger partial charge on any atom is -0.492 e. The van der Waals surface area contributed by atoms with E-state index in [2.05, 4.69) is 10.3 Å². The van der Waals surface area contributed by atoms with Crippen molar-refractivity contribution in [1.29, 1.82) is 0 Å². The van der Waals surface area contributed by atoms with Gasteiger partial charge in [-0.2, -0.15) is 0 Å². The van der Waals surface area contributed by atoms with Crippen molar-refractivity contribution >= 4 is 41.5 Å². The molecule has 1 aliphatic heterocycles. The number of halogens is 2. The Morgan fingerprint density at radius 3 is 2.81 bits per heavy atom. The highest BCUT2D eigenvalue weighted by Crippen LogP contribution is 2.16. The van der Waals surface area contributed by atoms with Crippen LogP contribution in [0.4, 0.5) is 0 Å². The van der Waals surface area contributed by atoms with Crippen molar-refractivity contribution in [3.63, 3.8) is 0 Å². The smallest absolute Gasteiger partial charge is 0.193 e. The van der Waals surface area contributed by atoms with Gasteiger partial charge in [0.1, 0.15) is 12.4 Å². The molecular weight excluding hydrogens is 481 g/mol. The molecule has 0 atom stereocenters. The van der Waals surface area contributed by atoms with Gasteiger partial charge in [0, 0.05) is 45.5 Å². The third-order valence-corrected chi connectivity index (χ3v) is 4.43. The predicted molar refractivity (Wildman–Crippen MR) is 121 cm³/mol. The van der Waals surface area contributed by atoms with Crippen LogP contribution in [0.2, 0.25) is 5.02 Å². The summed E-state index contributed by atoms with van der Waals surface area (Å²) in [5, 5.41) is 4.04. The third kappa shape index (κ3) is 9.82. The Labute approximate surface area is 184 Å². The molecule has 1 aromatic rings. The zero-order valence-corrected chi connectivity index (χ0v) is 19.2. The van der Waals surface area contributed by atoms with Crippen LogP contribution >= 0.6 is 35.6 Å². The van der Waals surface area contributed by atoms with Crippen molar-refractivity contribution in [1.82, 2.24) is 10.2 Å². The van der Waals surface area contributed by atoms with Crippen LogP contribution in [0.1, 0.15) is 19.3 Å². The lowest BCUT2D eigenvalue weighted by Crippen LogP contribution is -2.41. The summed E-state index contributed by atoms with van der Waals surface area (Å²) in [5.41, 5.74) is 0. The normalized spacial score (nSPS) is 15.1. The Kier molecular flexibility index (Phi) is 12.8. The van der Waals surface area contributed by atoms with Crippen molar-refractivity contribution in [2.24, 2.45) is 4.99 Å². The summed E-state index contributed by atoms with van der Waals surface area (Å²) < 4.78 is 16.9. The van der Waals surface area contributed by atoms with Crippen LogP contribution in [-0.2, 0) is 9.47 Å². The van der Waals surface area contributed by atoms with Crippen molar-refractivity contribution in [2.75, 3.05) is 53.6 Å². The topological polar surface area (TPSA) is 55.3 Å². The fraction of sp³-hybridized carbons (Fsp3) is 0.632. The van der Waals surface area contributed by atoms with Crippen molar-refractivity contribution in [3.8, 4) is 5.75 Å². The van der Waals surface area contributed by atoms with E-state index in [1.54, 1.807) is 7.05 Å². The zero-order chi connectivity index (χ0) is 18.6. The lowest BCUT2D eigenvalue weighted by atomic mass is 10.1. The highest BCUT2D eigenvalue weighted by atomic mass is 127. The molecule has 154 valence electrons. The van der Waals surface area contributed by atoms with Crippen molar-refractivity contribution < 1.29 is 14.2 Å². The molecule has 0 spiro atoms. The molecule has 0 amide bonds. The number of hydrogen-bond acceptors (Lipinski definition) is 4. The maximum atomic E-state index is 5.96. The van der Waals surface area contributed by atoms with E-state index in [-0.39, 0.29) is 24.0 Å². The molecule has 1 aromatic carbocycles. The Morgan fingerprint density at radius 2 is 2.11 bits per heavy atom. The molecule has 6 nitrogen and oxygen atoms in total. The second-order valence-electron chi connectivity index (χ2n) is 6.24. The average molecular weight is 512 g/mol. The minimum atomic E-state index is 0. The highest BCUT2D eigenvalue weighted by Gasteiger charge is 2.13. The van der Waals surface area contributed by atoms with Gasteiger partial charge >= 0.3 is 0 Å². The predicted octanol–water partition coefficient (Wildman–Crippen LogP) is 3.43. The molecule has 0 radical (unpaired) electrons. The summed E-state index contributed by atoms with van der Waals surface area (Å²) in [6.07, 6.45) is 3.31. The van der Waals surface area contributed by atoms with Gasteiger partial charge in [-0.3, -0.25) is 4.99 Å². The molecule has 0 bridgehead atoms. The van der Waals surface area contributed by atoms with E-state index in [0.717, 1.165) is 63.9 Å². The lowest BCUT2D eigenvalue weighted by Gasteiger charge is -2.23. The van der Waals surface area contributed by atoms with Crippen LogP contribution in [0.3, 0.4) is 0 Å². The van der Waals surface area contributed by atoms with E-state index in [9.17, 15) is 0 Å². The summed E-state index contributed by atoms with van der Waals surface area (Å²) in [7, 11) is 3.78. The quantitative estimate of drug-likeness (QED) is 0.238. The molecular formula is C19H31ClIN3O3. The molecule has 8 heteroatoms. The standard InChI is InChI=1S/C19H30ClN3O3.HI/c1-21-19(22-9-4-11-25-17-7-12-24-13-8-17)23(2)10-14-26-18-6-3-5-16(20)15-18;/h3,5-6,15,17H,4,7-14H2,1-2H3,(H,21,22);1H. The van der Waals surface area contributed by atoms with Crippen molar-refractivity contribution in [3.05, 3.63) is 29.3 Å². The Morgan fingerprint density at radius 1 is 1.33 bits per heavy atom. The second kappa shape index (κ2) is 14.3. The van der Waals surface area contributed by atoms with E-state index in [1.165, 1.54) is 0 Å². The SMILES string of the molecule is CN=C(NCCCOC1CCOCC1)N(C)CCOc1cccc(Cl)c1.I. The van der Waals surface area contributed by atoms with Gasteiger partial charge < -0.3 is 24.4 Å². The highest BCUT2D eigenvalue weighted by molar-refractivity contribution is 14.0. The number of benzene rings is 1. The number of rotatable bonds is 9. The Hall–Kier alpha value is -0.770. The molecule has 27 heavy (non-hydrogen) atoms. The van der Waals surface area contributed by atoms with Crippen LogP contribution in [-0.4, -0.2) is 70.6 Å². The average Bonchev–Trinajstić information content (AvgIpc) is 2.65. The van der Waals surface area contributed by atoms with Gasteiger partial charge in [0.2, 0.25) is 0 Å². The molecule has 1 heterocycles. The second-order valence-corrected chi connectivity index (χ2v) is 6.67. The van der Waals surface area contributed by atoms with Crippen molar-refractivity contribution in [2.45, 2.75) is 25.4 Å². The van der Waals surface area contributed by atoms with Gasteiger partial charge in [-0.1, -0.05) is 17.7 Å².